The van der Waals surface area contributed by atoms with Gasteiger partial charge in [0.25, 0.3) is 0 Å². The third-order valence-electron chi connectivity index (χ3n) is 7.93. The Labute approximate surface area is 260 Å². The van der Waals surface area contributed by atoms with E-state index in [1.807, 2.05) is 60.6 Å². The number of carbonyl (C=O) groups excluding carboxylic acids is 2. The van der Waals surface area contributed by atoms with Gasteiger partial charge in [0.1, 0.15) is 29.4 Å². The molecule has 44 heavy (non-hydrogen) atoms. The number of fused-ring (bicyclic) bond motifs is 2. The lowest BCUT2D eigenvalue weighted by Gasteiger charge is -2.34. The summed E-state index contributed by atoms with van der Waals surface area (Å²) in [5, 5.41) is 0. The molecule has 2 aromatic rings. The fourth-order valence-corrected chi connectivity index (χ4v) is 7.04. The van der Waals surface area contributed by atoms with Crippen molar-refractivity contribution in [3.8, 4) is 5.75 Å². The van der Waals surface area contributed by atoms with Crippen molar-refractivity contribution < 1.29 is 32.2 Å². The molecule has 0 unspecified atom stereocenters. The number of hydrogen-bond acceptors (Lipinski definition) is 8. The van der Waals surface area contributed by atoms with Crippen molar-refractivity contribution in [1.82, 2.24) is 9.88 Å². The first-order valence-electron chi connectivity index (χ1n) is 15.2. The van der Waals surface area contributed by atoms with Crippen LogP contribution in [0.25, 0.3) is 5.57 Å². The van der Waals surface area contributed by atoms with Crippen LogP contribution in [0.15, 0.2) is 30.5 Å². The van der Waals surface area contributed by atoms with Crippen molar-refractivity contribution in [1.29, 1.82) is 0 Å². The van der Waals surface area contributed by atoms with Gasteiger partial charge in [0.05, 0.1) is 17.2 Å². The Morgan fingerprint density at radius 1 is 1.00 bits per heavy atom. The summed E-state index contributed by atoms with van der Waals surface area (Å²) in [5.41, 5.74) is 3.57. The fourth-order valence-electron chi connectivity index (χ4n) is 5.89. The van der Waals surface area contributed by atoms with Gasteiger partial charge < -0.3 is 19.1 Å². The Hall–Kier alpha value is -3.60. The zero-order valence-corrected chi connectivity index (χ0v) is 27.5. The number of anilines is 2. The normalized spacial score (nSPS) is 18.8. The van der Waals surface area contributed by atoms with Crippen LogP contribution in [0.2, 0.25) is 0 Å². The Balaban J connectivity index is 1.53. The summed E-state index contributed by atoms with van der Waals surface area (Å²) in [6.45, 7) is 14.3. The molecule has 1 saturated heterocycles. The minimum Gasteiger partial charge on any atom is -0.486 e. The van der Waals surface area contributed by atoms with Crippen molar-refractivity contribution in [2.75, 3.05) is 29.5 Å². The molecule has 0 bridgehead atoms. The summed E-state index contributed by atoms with van der Waals surface area (Å²) in [6.07, 6.45) is 4.39. The number of allylic oxidation sites excluding steroid dienone is 1. The number of likely N-dealkylation sites (tertiary alicyclic amines) is 1. The molecule has 3 aliphatic heterocycles. The largest absolute Gasteiger partial charge is 0.486 e. The van der Waals surface area contributed by atoms with E-state index in [0.29, 0.717) is 42.3 Å². The lowest BCUT2D eigenvalue weighted by Crippen LogP contribution is -2.41. The number of benzene rings is 1. The number of aromatic nitrogens is 1. The van der Waals surface area contributed by atoms with Crippen molar-refractivity contribution >= 4 is 39.1 Å². The van der Waals surface area contributed by atoms with Crippen LogP contribution < -0.4 is 9.64 Å². The molecule has 5 rings (SSSR count). The van der Waals surface area contributed by atoms with Gasteiger partial charge in [-0.05, 0) is 108 Å². The van der Waals surface area contributed by atoms with E-state index in [-0.39, 0.29) is 30.1 Å². The van der Waals surface area contributed by atoms with Crippen molar-refractivity contribution in [3.05, 3.63) is 52.7 Å². The van der Waals surface area contributed by atoms with Gasteiger partial charge in [0.2, 0.25) is 0 Å². The molecule has 10 nitrogen and oxygen atoms in total. The van der Waals surface area contributed by atoms with Gasteiger partial charge in [-0.1, -0.05) is 12.1 Å². The van der Waals surface area contributed by atoms with Crippen LogP contribution in [-0.2, 0) is 25.9 Å². The molecule has 11 heteroatoms. The third kappa shape index (κ3) is 7.03. The van der Waals surface area contributed by atoms with Crippen LogP contribution in [0.3, 0.4) is 0 Å². The smallest absolute Gasteiger partial charge is 0.420 e. The number of amides is 2. The van der Waals surface area contributed by atoms with E-state index in [9.17, 15) is 18.0 Å². The summed E-state index contributed by atoms with van der Waals surface area (Å²) < 4.78 is 42.1. The van der Waals surface area contributed by atoms with Gasteiger partial charge >= 0.3 is 12.2 Å². The van der Waals surface area contributed by atoms with Gasteiger partial charge in [-0.25, -0.2) is 27.9 Å². The van der Waals surface area contributed by atoms with E-state index >= 15 is 0 Å². The summed E-state index contributed by atoms with van der Waals surface area (Å²) >= 11 is 0. The monoisotopic (exact) mass is 625 g/mol. The molecule has 0 radical (unpaired) electrons. The molecule has 0 N–H and O–H groups in total. The molecule has 2 amide bonds. The predicted molar refractivity (Wildman–Crippen MR) is 169 cm³/mol. The molecule has 1 fully saturated rings. The third-order valence-corrected chi connectivity index (χ3v) is 9.43. The van der Waals surface area contributed by atoms with Gasteiger partial charge in [-0.3, -0.25) is 0 Å². The second-order valence-electron chi connectivity index (χ2n) is 13.8. The Bertz CT molecular complexity index is 1590. The second kappa shape index (κ2) is 11.7. The highest BCUT2D eigenvalue weighted by Gasteiger charge is 2.36. The van der Waals surface area contributed by atoms with Crippen LogP contribution in [0.1, 0.15) is 89.0 Å². The molecular formula is C33H43N3O7S. The SMILES string of the molecule is Cc1cc(C2CCN(C(=O)OC(C)(C)C)CC2)cc2c1OCc1c(C3=CCS(=O)(=O)CC3)ccnc1N2C(=O)OC(C)(C)C. The minimum absolute atomic E-state index is 0.0223. The first-order valence-corrected chi connectivity index (χ1v) is 17.0. The predicted octanol–water partition coefficient (Wildman–Crippen LogP) is 6.67. The number of piperidine rings is 1. The molecule has 3 aliphatic rings. The average molecular weight is 626 g/mol. The summed E-state index contributed by atoms with van der Waals surface area (Å²) in [7, 11) is -3.11. The van der Waals surface area contributed by atoms with Crippen LogP contribution in [0.5, 0.6) is 5.75 Å². The van der Waals surface area contributed by atoms with Crippen molar-refractivity contribution in [2.45, 2.75) is 91.5 Å². The Morgan fingerprint density at radius 2 is 1.66 bits per heavy atom. The van der Waals surface area contributed by atoms with Crippen LogP contribution in [0.4, 0.5) is 21.1 Å². The average Bonchev–Trinajstić information content (AvgIpc) is 3.08. The molecule has 0 saturated carbocycles. The van der Waals surface area contributed by atoms with E-state index in [0.717, 1.165) is 35.1 Å². The summed E-state index contributed by atoms with van der Waals surface area (Å²) in [5.74, 6) is 1.18. The fraction of sp³-hybridized carbons (Fsp3) is 0.545. The molecule has 0 aliphatic carbocycles. The van der Waals surface area contributed by atoms with Crippen molar-refractivity contribution in [3.63, 3.8) is 0 Å². The minimum atomic E-state index is -3.11. The van der Waals surface area contributed by atoms with Gasteiger partial charge in [-0.2, -0.15) is 0 Å². The number of pyridine rings is 1. The zero-order valence-electron chi connectivity index (χ0n) is 26.7. The second-order valence-corrected chi connectivity index (χ2v) is 16.0. The number of ether oxygens (including phenoxy) is 3. The maximum atomic E-state index is 14.0. The molecule has 1 aromatic heterocycles. The maximum absolute atomic E-state index is 14.0. The van der Waals surface area contributed by atoms with Gasteiger partial charge in [0, 0.05) is 24.8 Å². The van der Waals surface area contributed by atoms with Crippen molar-refractivity contribution in [2.24, 2.45) is 0 Å². The lowest BCUT2D eigenvalue weighted by atomic mass is 9.88. The number of hydrogen-bond donors (Lipinski definition) is 0. The summed E-state index contributed by atoms with van der Waals surface area (Å²) in [4.78, 5) is 34.5. The van der Waals surface area contributed by atoms with E-state index in [2.05, 4.69) is 11.1 Å². The molecule has 0 atom stereocenters. The molecule has 0 spiro atoms. The number of nitrogens with zero attached hydrogens (tertiary/aromatic N) is 3. The number of carbonyl (C=O) groups is 2. The lowest BCUT2D eigenvalue weighted by molar-refractivity contribution is 0.0204. The highest BCUT2D eigenvalue weighted by molar-refractivity contribution is 7.91. The highest BCUT2D eigenvalue weighted by atomic mass is 32.2. The highest BCUT2D eigenvalue weighted by Crippen LogP contribution is 2.46. The maximum Gasteiger partial charge on any atom is 0.420 e. The topological polar surface area (TPSA) is 115 Å². The zero-order chi connectivity index (χ0) is 32.0. The molecule has 1 aromatic carbocycles. The Kier molecular flexibility index (Phi) is 8.48. The van der Waals surface area contributed by atoms with E-state index < -0.39 is 27.1 Å². The number of rotatable bonds is 2. The molecular weight excluding hydrogens is 582 g/mol. The first-order chi connectivity index (χ1) is 20.5. The first kappa shape index (κ1) is 31.8. The van der Waals surface area contributed by atoms with Crippen LogP contribution >= 0.6 is 0 Å². The number of sulfone groups is 1. The van der Waals surface area contributed by atoms with E-state index in [1.54, 1.807) is 17.2 Å². The quantitative estimate of drug-likeness (QED) is 0.363. The van der Waals surface area contributed by atoms with Crippen LogP contribution in [-0.4, -0.2) is 66.3 Å². The number of aryl methyl sites for hydroxylation is 1. The van der Waals surface area contributed by atoms with E-state index in [1.165, 1.54) is 4.90 Å². The summed E-state index contributed by atoms with van der Waals surface area (Å²) in [6, 6.07) is 5.93. The standard InChI is InChI=1S/C33H43N3O7S/c1-21-18-24(22-9-14-35(15-10-22)30(37)42-32(2,3)4)19-27-28(21)41-20-26-25(23-11-16-44(39,40)17-12-23)8-13-34-29(26)36(27)31(38)43-33(5,6)7/h8,11,13,18-19,22H,9-10,12,14-17,20H2,1-7H3. The van der Waals surface area contributed by atoms with Crippen LogP contribution in [0, 0.1) is 6.92 Å². The van der Waals surface area contributed by atoms with E-state index in [4.69, 9.17) is 14.2 Å². The molecule has 4 heterocycles. The molecule has 238 valence electrons. The Morgan fingerprint density at radius 3 is 2.27 bits per heavy atom. The van der Waals surface area contributed by atoms with Gasteiger partial charge in [-0.15, -0.1) is 0 Å². The van der Waals surface area contributed by atoms with Gasteiger partial charge in [0.15, 0.2) is 9.84 Å².